The average molecular weight is 471 g/mol. The molecular formula is C24H30N4O4S. The number of nitrogens with zero attached hydrogens (tertiary/aromatic N) is 3. The van der Waals surface area contributed by atoms with Crippen LogP contribution in [0.25, 0.3) is 0 Å². The van der Waals surface area contributed by atoms with Crippen molar-refractivity contribution in [1.29, 1.82) is 0 Å². The van der Waals surface area contributed by atoms with Crippen molar-refractivity contribution in [3.05, 3.63) is 35.9 Å². The Balaban J connectivity index is 1.19. The van der Waals surface area contributed by atoms with Crippen molar-refractivity contribution in [3.63, 3.8) is 0 Å². The maximum absolute atomic E-state index is 12.8. The largest absolute Gasteiger partial charge is 0.495 e. The van der Waals surface area contributed by atoms with E-state index in [0.717, 1.165) is 78.2 Å². The molecule has 3 aliphatic heterocycles. The van der Waals surface area contributed by atoms with Gasteiger partial charge in [0.25, 0.3) is 0 Å². The van der Waals surface area contributed by atoms with Crippen LogP contribution in [0.2, 0.25) is 0 Å². The third-order valence-corrected chi connectivity index (χ3v) is 7.41. The summed E-state index contributed by atoms with van der Waals surface area (Å²) in [4.78, 5) is 18.6. The van der Waals surface area contributed by atoms with Crippen molar-refractivity contribution in [2.75, 3.05) is 69.8 Å². The zero-order valence-electron chi connectivity index (χ0n) is 19.1. The molecule has 9 heteroatoms. The van der Waals surface area contributed by atoms with Crippen LogP contribution in [0.15, 0.2) is 35.2 Å². The van der Waals surface area contributed by atoms with Crippen LogP contribution in [0.1, 0.15) is 12.0 Å². The van der Waals surface area contributed by atoms with Crippen LogP contribution < -0.4 is 24.4 Å². The number of ether oxygens (including phenoxy) is 3. The van der Waals surface area contributed by atoms with Crippen LogP contribution in [0.4, 0.5) is 16.2 Å². The van der Waals surface area contributed by atoms with Gasteiger partial charge in [0, 0.05) is 57.3 Å². The minimum atomic E-state index is -0.0854. The van der Waals surface area contributed by atoms with E-state index in [-0.39, 0.29) is 6.03 Å². The monoisotopic (exact) mass is 470 g/mol. The van der Waals surface area contributed by atoms with E-state index in [1.54, 1.807) is 11.4 Å². The first-order valence-electron chi connectivity index (χ1n) is 11.4. The molecule has 1 fully saturated rings. The lowest BCUT2D eigenvalue weighted by Gasteiger charge is -2.37. The Kier molecular flexibility index (Phi) is 6.41. The van der Waals surface area contributed by atoms with E-state index in [2.05, 4.69) is 21.2 Å². The molecule has 0 aliphatic carbocycles. The third kappa shape index (κ3) is 4.52. The number of methoxy groups -OCH3 is 1. The van der Waals surface area contributed by atoms with Gasteiger partial charge in [0.15, 0.2) is 11.5 Å². The van der Waals surface area contributed by atoms with Gasteiger partial charge < -0.3 is 24.4 Å². The van der Waals surface area contributed by atoms with E-state index in [1.807, 2.05) is 31.2 Å². The molecule has 0 unspecified atom stereocenters. The highest BCUT2D eigenvalue weighted by atomic mass is 32.2. The second kappa shape index (κ2) is 9.61. The maximum atomic E-state index is 12.8. The van der Waals surface area contributed by atoms with Crippen molar-refractivity contribution < 1.29 is 19.0 Å². The number of carbonyl (C=O) groups excluding carboxylic acids is 1. The van der Waals surface area contributed by atoms with Gasteiger partial charge in [-0.2, -0.15) is 0 Å². The molecule has 5 rings (SSSR count). The smallest absolute Gasteiger partial charge is 0.332 e. The molecule has 2 aromatic rings. The summed E-state index contributed by atoms with van der Waals surface area (Å²) in [6.45, 7) is 8.51. The zero-order valence-corrected chi connectivity index (χ0v) is 20.0. The molecular weight excluding hydrogens is 440 g/mol. The average Bonchev–Trinajstić information content (AvgIpc) is 3.09. The minimum absolute atomic E-state index is 0.0854. The van der Waals surface area contributed by atoms with Crippen molar-refractivity contribution in [2.45, 2.75) is 18.2 Å². The Labute approximate surface area is 198 Å². The van der Waals surface area contributed by atoms with Gasteiger partial charge in [-0.3, -0.25) is 9.21 Å². The lowest BCUT2D eigenvalue weighted by Crippen LogP contribution is -2.49. The fourth-order valence-corrected chi connectivity index (χ4v) is 5.48. The summed E-state index contributed by atoms with van der Waals surface area (Å²) in [5.74, 6) is 2.42. The Morgan fingerprint density at radius 2 is 1.88 bits per heavy atom. The standard InChI is InChI=1S/C24H30N4O4S/c1-17-22-21(16-20-23(17)32-15-5-14-31-20)33-28(24(29)25-22)13-10-26-8-11-27(12-9-26)18-6-3-4-7-19(18)30-2/h3-4,6-7,16H,5,8-15H2,1-2H3,(H,25,29). The molecule has 1 saturated heterocycles. The van der Waals surface area contributed by atoms with E-state index in [9.17, 15) is 4.79 Å². The van der Waals surface area contributed by atoms with Gasteiger partial charge in [-0.1, -0.05) is 12.1 Å². The number of fused-ring (bicyclic) bond motifs is 2. The van der Waals surface area contributed by atoms with Gasteiger partial charge in [-0.25, -0.2) is 4.79 Å². The molecule has 0 saturated carbocycles. The topological polar surface area (TPSA) is 66.5 Å². The molecule has 0 spiro atoms. The number of hydrogen-bond acceptors (Lipinski definition) is 7. The number of carbonyl (C=O) groups is 1. The number of nitrogens with one attached hydrogen (secondary N) is 1. The van der Waals surface area contributed by atoms with E-state index >= 15 is 0 Å². The van der Waals surface area contributed by atoms with Crippen LogP contribution in [0, 0.1) is 6.92 Å². The predicted octanol–water partition coefficient (Wildman–Crippen LogP) is 3.84. The SMILES string of the molecule is COc1ccccc1N1CCN(CCN2Sc3cc4c(c(C)c3NC2=O)OCCCO4)CC1. The minimum Gasteiger partial charge on any atom is -0.495 e. The summed E-state index contributed by atoms with van der Waals surface area (Å²) in [6.07, 6.45) is 0.856. The quantitative estimate of drug-likeness (QED) is 0.666. The number of urea groups is 1. The number of rotatable bonds is 5. The molecule has 3 aliphatic rings. The number of piperazine rings is 1. The van der Waals surface area contributed by atoms with Gasteiger partial charge in [0.05, 0.1) is 36.6 Å². The molecule has 2 aromatic carbocycles. The van der Waals surface area contributed by atoms with Crippen molar-refractivity contribution >= 4 is 29.4 Å². The van der Waals surface area contributed by atoms with Crippen LogP contribution in [0.3, 0.4) is 0 Å². The predicted molar refractivity (Wildman–Crippen MR) is 130 cm³/mol. The number of hydrogen-bond donors (Lipinski definition) is 1. The normalized spacial score (nSPS) is 18.4. The second-order valence-electron chi connectivity index (χ2n) is 8.38. The molecule has 33 heavy (non-hydrogen) atoms. The van der Waals surface area contributed by atoms with Crippen molar-refractivity contribution in [2.24, 2.45) is 0 Å². The van der Waals surface area contributed by atoms with Crippen molar-refractivity contribution in [1.82, 2.24) is 9.21 Å². The summed E-state index contributed by atoms with van der Waals surface area (Å²) >= 11 is 1.48. The summed E-state index contributed by atoms with van der Waals surface area (Å²) in [5, 5.41) is 3.07. The molecule has 0 radical (unpaired) electrons. The molecule has 176 valence electrons. The maximum Gasteiger partial charge on any atom is 0.332 e. The lowest BCUT2D eigenvalue weighted by molar-refractivity contribution is 0.221. The first-order valence-corrected chi connectivity index (χ1v) is 12.2. The molecule has 0 aromatic heterocycles. The second-order valence-corrected chi connectivity index (χ2v) is 9.44. The molecule has 3 heterocycles. The van der Waals surface area contributed by atoms with E-state index < -0.39 is 0 Å². The third-order valence-electron chi connectivity index (χ3n) is 6.33. The van der Waals surface area contributed by atoms with Gasteiger partial charge in [-0.05, 0) is 31.0 Å². The zero-order chi connectivity index (χ0) is 22.8. The van der Waals surface area contributed by atoms with Crippen LogP contribution in [0.5, 0.6) is 17.2 Å². The molecule has 8 nitrogen and oxygen atoms in total. The first kappa shape index (κ1) is 22.0. The van der Waals surface area contributed by atoms with Crippen LogP contribution in [-0.2, 0) is 0 Å². The van der Waals surface area contributed by atoms with E-state index in [0.29, 0.717) is 19.8 Å². The van der Waals surface area contributed by atoms with Gasteiger partial charge in [-0.15, -0.1) is 0 Å². The molecule has 0 bridgehead atoms. The van der Waals surface area contributed by atoms with E-state index in [4.69, 9.17) is 14.2 Å². The summed E-state index contributed by atoms with van der Waals surface area (Å²) in [7, 11) is 1.71. The van der Waals surface area contributed by atoms with Crippen LogP contribution >= 0.6 is 11.9 Å². The molecule has 2 amide bonds. The number of benzene rings is 2. The lowest BCUT2D eigenvalue weighted by atomic mass is 10.1. The first-order chi connectivity index (χ1) is 16.1. The van der Waals surface area contributed by atoms with E-state index in [1.165, 1.54) is 11.9 Å². The Bertz CT molecular complexity index is 1030. The molecule has 0 atom stereocenters. The summed E-state index contributed by atoms with van der Waals surface area (Å²) < 4.78 is 19.1. The number of anilines is 2. The number of para-hydroxylation sites is 2. The highest BCUT2D eigenvalue weighted by Crippen LogP contribution is 2.46. The summed E-state index contributed by atoms with van der Waals surface area (Å²) in [6, 6.07) is 10.1. The Morgan fingerprint density at radius 1 is 1.09 bits per heavy atom. The molecule has 1 N–H and O–H groups in total. The van der Waals surface area contributed by atoms with Gasteiger partial charge in [0.2, 0.25) is 0 Å². The Hall–Kier alpha value is -2.78. The highest BCUT2D eigenvalue weighted by Gasteiger charge is 2.30. The fraction of sp³-hybridized carbons (Fsp3) is 0.458. The van der Waals surface area contributed by atoms with Crippen LogP contribution in [-0.4, -0.2) is 74.8 Å². The number of amides is 2. The van der Waals surface area contributed by atoms with Gasteiger partial charge >= 0.3 is 6.03 Å². The van der Waals surface area contributed by atoms with Gasteiger partial charge in [0.1, 0.15) is 5.75 Å². The highest BCUT2D eigenvalue weighted by molar-refractivity contribution is 7.97. The summed E-state index contributed by atoms with van der Waals surface area (Å²) in [5.41, 5.74) is 2.90. The fourth-order valence-electron chi connectivity index (χ4n) is 4.48. The Morgan fingerprint density at radius 3 is 2.70 bits per heavy atom. The van der Waals surface area contributed by atoms with Crippen molar-refractivity contribution in [3.8, 4) is 17.2 Å².